The van der Waals surface area contributed by atoms with Crippen LogP contribution in [0.5, 0.6) is 0 Å². The van der Waals surface area contributed by atoms with Crippen LogP contribution < -0.4 is 5.32 Å². The first kappa shape index (κ1) is 14.0. The van der Waals surface area contributed by atoms with Crippen LogP contribution in [0.4, 0.5) is 0 Å². The molecule has 0 aliphatic carbocycles. The molecule has 1 aromatic carbocycles. The molecule has 2 rings (SSSR count). The van der Waals surface area contributed by atoms with Gasteiger partial charge in [0.2, 0.25) is 0 Å². The molecule has 1 atom stereocenters. The van der Waals surface area contributed by atoms with Crippen molar-refractivity contribution in [3.63, 3.8) is 0 Å². The summed E-state index contributed by atoms with van der Waals surface area (Å²) in [6.07, 6.45) is 1.97. The van der Waals surface area contributed by atoms with Crippen LogP contribution in [0.1, 0.15) is 24.2 Å². The highest BCUT2D eigenvalue weighted by Gasteiger charge is 2.18. The number of rotatable bonds is 4. The number of nitrogens with one attached hydrogen (secondary N) is 1. The van der Waals surface area contributed by atoms with E-state index in [1.807, 2.05) is 17.9 Å². The molecule has 0 aliphatic rings. The second-order valence-electron chi connectivity index (χ2n) is 4.07. The molecule has 0 saturated carbocycles. The highest BCUT2D eigenvalue weighted by Crippen LogP contribution is 2.29. The Morgan fingerprint density at radius 2 is 2.22 bits per heavy atom. The summed E-state index contributed by atoms with van der Waals surface area (Å²) >= 11 is 5.96. The monoisotopic (exact) mass is 419 g/mol. The quantitative estimate of drug-likeness (QED) is 0.768. The zero-order valence-corrected chi connectivity index (χ0v) is 14.1. The first-order valence-corrected chi connectivity index (χ1v) is 7.67. The number of hydrogen-bond donors (Lipinski definition) is 1. The molecule has 1 unspecified atom stereocenters. The highest BCUT2D eigenvalue weighted by atomic mass is 127. The maximum absolute atomic E-state index is 4.51. The summed E-state index contributed by atoms with van der Waals surface area (Å²) in [4.78, 5) is 0. The molecule has 3 nitrogen and oxygen atoms in total. The molecule has 96 valence electrons. The smallest absolute Gasteiger partial charge is 0.0839 e. The third-order valence-corrected chi connectivity index (χ3v) is 4.10. The average molecular weight is 420 g/mol. The van der Waals surface area contributed by atoms with Gasteiger partial charge in [-0.25, -0.2) is 0 Å². The number of aryl methyl sites for hydroxylation is 1. The van der Waals surface area contributed by atoms with Crippen molar-refractivity contribution in [2.75, 3.05) is 6.54 Å². The molecule has 0 fully saturated rings. The van der Waals surface area contributed by atoms with Gasteiger partial charge in [0.15, 0.2) is 0 Å². The van der Waals surface area contributed by atoms with Crippen molar-refractivity contribution in [2.24, 2.45) is 7.05 Å². The van der Waals surface area contributed by atoms with Crippen LogP contribution in [-0.2, 0) is 7.05 Å². The van der Waals surface area contributed by atoms with E-state index < -0.39 is 0 Å². The van der Waals surface area contributed by atoms with Gasteiger partial charge < -0.3 is 5.32 Å². The lowest BCUT2D eigenvalue weighted by Gasteiger charge is -2.18. The Hall–Kier alpha value is -0.400. The number of benzene rings is 1. The predicted molar refractivity (Wildman–Crippen MR) is 85.6 cm³/mol. The Bertz CT molecular complexity index is 539. The molecule has 5 heteroatoms. The molecule has 0 spiro atoms. The molecule has 18 heavy (non-hydrogen) atoms. The fourth-order valence-corrected chi connectivity index (χ4v) is 2.89. The zero-order valence-electron chi connectivity index (χ0n) is 10.3. The molecule has 0 radical (unpaired) electrons. The summed E-state index contributed by atoms with van der Waals surface area (Å²) in [7, 11) is 1.94. The van der Waals surface area contributed by atoms with Gasteiger partial charge in [-0.1, -0.05) is 22.9 Å². The minimum atomic E-state index is 0.125. The van der Waals surface area contributed by atoms with Crippen LogP contribution in [0, 0.1) is 3.57 Å². The van der Waals surface area contributed by atoms with E-state index in [9.17, 15) is 0 Å². The molecule has 0 amide bonds. The van der Waals surface area contributed by atoms with Gasteiger partial charge >= 0.3 is 0 Å². The predicted octanol–water partition coefficient (Wildman–Crippen LogP) is 3.49. The van der Waals surface area contributed by atoms with E-state index in [-0.39, 0.29) is 6.04 Å². The maximum atomic E-state index is 4.51. The fourth-order valence-electron chi connectivity index (χ4n) is 1.90. The number of halogens is 2. The molecular weight excluding hydrogens is 405 g/mol. The lowest BCUT2D eigenvalue weighted by Crippen LogP contribution is -2.23. The van der Waals surface area contributed by atoms with Crippen LogP contribution in [0.3, 0.4) is 0 Å². The Balaban J connectivity index is 2.44. The largest absolute Gasteiger partial charge is 0.305 e. The topological polar surface area (TPSA) is 29.9 Å². The summed E-state index contributed by atoms with van der Waals surface area (Å²) in [5, 5.41) is 8.00. The first-order chi connectivity index (χ1) is 8.61. The lowest BCUT2D eigenvalue weighted by atomic mass is 10.0. The van der Waals surface area contributed by atoms with E-state index in [0.717, 1.165) is 16.7 Å². The Labute approximate surface area is 129 Å². The zero-order chi connectivity index (χ0) is 13.1. The minimum absolute atomic E-state index is 0.125. The Morgan fingerprint density at radius 3 is 2.83 bits per heavy atom. The van der Waals surface area contributed by atoms with E-state index in [4.69, 9.17) is 0 Å². The second-order valence-corrected chi connectivity index (χ2v) is 6.17. The molecular formula is C13H15BrIN3. The van der Waals surface area contributed by atoms with Crippen LogP contribution in [0.2, 0.25) is 0 Å². The van der Waals surface area contributed by atoms with Crippen molar-refractivity contribution in [3.8, 4) is 0 Å². The molecule has 2 aromatic rings. The van der Waals surface area contributed by atoms with Crippen LogP contribution in [0.15, 0.2) is 34.9 Å². The van der Waals surface area contributed by atoms with Crippen molar-refractivity contribution in [1.82, 2.24) is 15.1 Å². The lowest BCUT2D eigenvalue weighted by molar-refractivity contribution is 0.598. The van der Waals surface area contributed by atoms with E-state index in [2.05, 4.69) is 80.1 Å². The van der Waals surface area contributed by atoms with Crippen LogP contribution >= 0.6 is 38.5 Å². The van der Waals surface area contributed by atoms with Gasteiger partial charge in [-0.2, -0.15) is 5.10 Å². The molecule has 1 aromatic heterocycles. The van der Waals surface area contributed by atoms with Gasteiger partial charge in [0.05, 0.1) is 11.7 Å². The van der Waals surface area contributed by atoms with Crippen molar-refractivity contribution in [2.45, 2.75) is 13.0 Å². The van der Waals surface area contributed by atoms with Crippen molar-refractivity contribution < 1.29 is 0 Å². The number of nitrogens with zero attached hydrogens (tertiary/aromatic N) is 2. The maximum Gasteiger partial charge on any atom is 0.0839 e. The van der Waals surface area contributed by atoms with Crippen LogP contribution in [0.25, 0.3) is 0 Å². The van der Waals surface area contributed by atoms with Crippen molar-refractivity contribution in [3.05, 3.63) is 49.8 Å². The molecule has 0 bridgehead atoms. The Kier molecular flexibility index (Phi) is 4.80. The normalized spacial score (nSPS) is 12.7. The molecule has 0 saturated heterocycles. The first-order valence-electron chi connectivity index (χ1n) is 5.79. The van der Waals surface area contributed by atoms with Gasteiger partial charge in [0, 0.05) is 21.3 Å². The summed E-state index contributed by atoms with van der Waals surface area (Å²) in [6.45, 7) is 3.01. The standard InChI is InChI=1S/C13H15BrIN3/c1-3-16-13(12-6-7-18(2)17-12)10-8-9(15)4-5-11(10)14/h4-8,13,16H,3H2,1-2H3. The summed E-state index contributed by atoms with van der Waals surface area (Å²) < 4.78 is 4.17. The number of hydrogen-bond acceptors (Lipinski definition) is 2. The van der Waals surface area contributed by atoms with E-state index >= 15 is 0 Å². The third kappa shape index (κ3) is 3.13. The number of aromatic nitrogens is 2. The van der Waals surface area contributed by atoms with Gasteiger partial charge in [0.1, 0.15) is 0 Å². The third-order valence-electron chi connectivity index (χ3n) is 2.71. The molecule has 1 heterocycles. The minimum Gasteiger partial charge on any atom is -0.305 e. The van der Waals surface area contributed by atoms with E-state index in [1.165, 1.54) is 9.13 Å². The second kappa shape index (κ2) is 6.16. The summed E-state index contributed by atoms with van der Waals surface area (Å²) in [6, 6.07) is 8.55. The van der Waals surface area contributed by atoms with Gasteiger partial charge in [-0.05, 0) is 59.0 Å². The van der Waals surface area contributed by atoms with Crippen molar-refractivity contribution >= 4 is 38.5 Å². The fraction of sp³-hybridized carbons (Fsp3) is 0.308. The van der Waals surface area contributed by atoms with Gasteiger partial charge in [-0.15, -0.1) is 0 Å². The van der Waals surface area contributed by atoms with Gasteiger partial charge in [0.25, 0.3) is 0 Å². The highest BCUT2D eigenvalue weighted by molar-refractivity contribution is 14.1. The van der Waals surface area contributed by atoms with Gasteiger partial charge in [-0.3, -0.25) is 4.68 Å². The summed E-state index contributed by atoms with van der Waals surface area (Å²) in [5.41, 5.74) is 2.27. The Morgan fingerprint density at radius 1 is 1.44 bits per heavy atom. The summed E-state index contributed by atoms with van der Waals surface area (Å²) in [5.74, 6) is 0. The molecule has 0 aliphatic heterocycles. The van der Waals surface area contributed by atoms with E-state index in [1.54, 1.807) is 0 Å². The SMILES string of the molecule is CCNC(c1ccn(C)n1)c1cc(I)ccc1Br. The van der Waals surface area contributed by atoms with Crippen LogP contribution in [-0.4, -0.2) is 16.3 Å². The average Bonchev–Trinajstić information content (AvgIpc) is 2.76. The van der Waals surface area contributed by atoms with Crippen molar-refractivity contribution in [1.29, 1.82) is 0 Å². The van der Waals surface area contributed by atoms with E-state index in [0.29, 0.717) is 0 Å². The molecule has 1 N–H and O–H groups in total.